The third kappa shape index (κ3) is 5.57. The van der Waals surface area contributed by atoms with Gasteiger partial charge in [-0.05, 0) is 49.4 Å². The number of aryl methyl sites for hydroxylation is 1. The van der Waals surface area contributed by atoms with Crippen molar-refractivity contribution in [1.82, 2.24) is 5.32 Å². The second-order valence-electron chi connectivity index (χ2n) is 8.44. The molecule has 2 amide bonds. The molecule has 0 saturated carbocycles. The minimum atomic E-state index is -3.06. The molecule has 2 aliphatic rings. The van der Waals surface area contributed by atoms with Crippen LogP contribution in [0, 0.1) is 6.92 Å². The molecule has 2 fully saturated rings. The number of hydrogen-bond acceptors (Lipinski definition) is 5. The molecule has 2 aromatic rings. The zero-order valence-corrected chi connectivity index (χ0v) is 18.4. The first-order chi connectivity index (χ1) is 14.8. The van der Waals surface area contributed by atoms with Gasteiger partial charge >= 0.3 is 6.03 Å². The molecule has 0 radical (unpaired) electrons. The molecule has 1 spiro atoms. The number of amides is 2. The van der Waals surface area contributed by atoms with Gasteiger partial charge in [-0.3, -0.25) is 0 Å². The summed E-state index contributed by atoms with van der Waals surface area (Å²) in [6.07, 6.45) is 1.65. The fourth-order valence-electron chi connectivity index (χ4n) is 4.24. The minimum Gasteiger partial charge on any atom is -0.487 e. The highest BCUT2D eigenvalue weighted by molar-refractivity contribution is 7.91. The lowest BCUT2D eigenvalue weighted by atomic mass is 9.90. The van der Waals surface area contributed by atoms with Crippen LogP contribution in [0.15, 0.2) is 48.5 Å². The molecule has 2 aliphatic heterocycles. The highest BCUT2D eigenvalue weighted by atomic mass is 32.2. The number of hydrogen-bond donors (Lipinski definition) is 2. The number of anilines is 1. The van der Waals surface area contributed by atoms with Crippen LogP contribution >= 0.6 is 0 Å². The van der Waals surface area contributed by atoms with Crippen molar-refractivity contribution in [2.24, 2.45) is 0 Å². The van der Waals surface area contributed by atoms with E-state index in [2.05, 4.69) is 10.6 Å². The summed E-state index contributed by atoms with van der Waals surface area (Å²) >= 11 is 0. The van der Waals surface area contributed by atoms with Crippen molar-refractivity contribution in [1.29, 1.82) is 0 Å². The summed E-state index contributed by atoms with van der Waals surface area (Å²) in [4.78, 5) is 12.7. The second kappa shape index (κ2) is 8.88. The van der Waals surface area contributed by atoms with Crippen LogP contribution in [0.25, 0.3) is 0 Å². The molecule has 2 saturated heterocycles. The molecule has 7 nitrogen and oxygen atoms in total. The Labute approximate surface area is 183 Å². The number of sulfone groups is 1. The van der Waals surface area contributed by atoms with Crippen LogP contribution in [0.2, 0.25) is 0 Å². The largest absolute Gasteiger partial charge is 0.487 e. The molecule has 0 bridgehead atoms. The third-order valence-electron chi connectivity index (χ3n) is 5.80. The van der Waals surface area contributed by atoms with Crippen LogP contribution in [-0.2, 0) is 21.2 Å². The highest BCUT2D eigenvalue weighted by Gasteiger charge is 2.46. The first kappa shape index (κ1) is 21.6. The average molecular weight is 445 g/mol. The van der Waals surface area contributed by atoms with Gasteiger partial charge in [0.25, 0.3) is 0 Å². The number of carbonyl (C=O) groups is 1. The van der Waals surface area contributed by atoms with Crippen molar-refractivity contribution >= 4 is 21.6 Å². The van der Waals surface area contributed by atoms with Gasteiger partial charge in [0.05, 0.1) is 22.8 Å². The van der Waals surface area contributed by atoms with Crippen LogP contribution in [0.3, 0.4) is 0 Å². The van der Waals surface area contributed by atoms with Gasteiger partial charge in [0, 0.05) is 12.6 Å². The second-order valence-corrected chi connectivity index (χ2v) is 10.6. The number of urea groups is 1. The summed E-state index contributed by atoms with van der Waals surface area (Å²) in [6, 6.07) is 15.0. The molecular formula is C23H28N2O5S. The molecular weight excluding hydrogens is 416 g/mol. The Morgan fingerprint density at radius 2 is 2.03 bits per heavy atom. The van der Waals surface area contributed by atoms with Crippen LogP contribution in [0.5, 0.6) is 5.75 Å². The van der Waals surface area contributed by atoms with Crippen LogP contribution in [0.1, 0.15) is 30.4 Å². The Kier molecular flexibility index (Phi) is 6.20. The smallest absolute Gasteiger partial charge is 0.319 e. The van der Waals surface area contributed by atoms with Gasteiger partial charge in [0.15, 0.2) is 9.84 Å². The number of nitrogens with one attached hydrogen (secondary N) is 2. The first-order valence-corrected chi connectivity index (χ1v) is 12.3. The van der Waals surface area contributed by atoms with Crippen molar-refractivity contribution < 1.29 is 22.7 Å². The van der Waals surface area contributed by atoms with E-state index >= 15 is 0 Å². The van der Waals surface area contributed by atoms with Gasteiger partial charge in [-0.15, -0.1) is 0 Å². The standard InChI is InChI=1S/C23H28N2O5S/c1-17-7-8-20(21(13-17)29-15-18-5-3-2-4-6-18)25-22(26)24-19-9-11-30-23(14-19)10-12-31(27,28)16-23/h2-8,13,19H,9-12,14-16H2,1H3,(H2,24,25,26). The van der Waals surface area contributed by atoms with Crippen LogP contribution in [-0.4, -0.2) is 44.2 Å². The van der Waals surface area contributed by atoms with Crippen LogP contribution in [0.4, 0.5) is 10.5 Å². The number of ether oxygens (including phenoxy) is 2. The van der Waals surface area contributed by atoms with E-state index in [1.165, 1.54) is 0 Å². The predicted molar refractivity (Wildman–Crippen MR) is 119 cm³/mol. The number of carbonyl (C=O) groups excluding carboxylic acids is 1. The zero-order chi connectivity index (χ0) is 21.9. The molecule has 31 heavy (non-hydrogen) atoms. The summed E-state index contributed by atoms with van der Waals surface area (Å²) in [6.45, 7) is 2.81. The maximum absolute atomic E-state index is 12.7. The van der Waals surface area contributed by atoms with E-state index in [0.29, 0.717) is 43.9 Å². The van der Waals surface area contributed by atoms with E-state index in [0.717, 1.165) is 11.1 Å². The van der Waals surface area contributed by atoms with Gasteiger partial charge in [0.1, 0.15) is 12.4 Å². The summed E-state index contributed by atoms with van der Waals surface area (Å²) in [7, 11) is -3.06. The molecule has 166 valence electrons. The average Bonchev–Trinajstić information content (AvgIpc) is 3.02. The molecule has 2 unspecified atom stereocenters. The molecule has 0 aromatic heterocycles. The van der Waals surface area contributed by atoms with Gasteiger partial charge < -0.3 is 20.1 Å². The lowest BCUT2D eigenvalue weighted by molar-refractivity contribution is -0.0685. The van der Waals surface area contributed by atoms with Crippen molar-refractivity contribution in [3.05, 3.63) is 59.7 Å². The van der Waals surface area contributed by atoms with Gasteiger partial charge in [-0.2, -0.15) is 0 Å². The number of rotatable bonds is 5. The van der Waals surface area contributed by atoms with Crippen LogP contribution < -0.4 is 15.4 Å². The van der Waals surface area contributed by atoms with E-state index in [9.17, 15) is 13.2 Å². The summed E-state index contributed by atoms with van der Waals surface area (Å²) < 4.78 is 35.6. The molecule has 8 heteroatoms. The fourth-order valence-corrected chi connectivity index (χ4v) is 6.22. The van der Waals surface area contributed by atoms with Gasteiger partial charge in [0.2, 0.25) is 0 Å². The molecule has 2 atom stereocenters. The molecule has 4 rings (SSSR count). The SMILES string of the molecule is Cc1ccc(NC(=O)NC2CCOC3(CCS(=O)(=O)C3)C2)c(OCc2ccccc2)c1. The maximum atomic E-state index is 12.7. The minimum absolute atomic E-state index is 0.0369. The van der Waals surface area contributed by atoms with Crippen molar-refractivity contribution in [3.8, 4) is 5.75 Å². The topological polar surface area (TPSA) is 93.7 Å². The molecule has 0 aliphatic carbocycles. The third-order valence-corrected chi connectivity index (χ3v) is 7.59. The molecule has 2 aromatic carbocycles. The Hall–Kier alpha value is -2.58. The van der Waals surface area contributed by atoms with Gasteiger partial charge in [-0.25, -0.2) is 13.2 Å². The summed E-state index contributed by atoms with van der Waals surface area (Å²) in [5.41, 5.74) is 1.99. The van der Waals surface area contributed by atoms with E-state index in [1.807, 2.05) is 55.5 Å². The van der Waals surface area contributed by atoms with Crippen molar-refractivity contribution in [2.45, 2.75) is 44.4 Å². The molecule has 2 heterocycles. The quantitative estimate of drug-likeness (QED) is 0.737. The van der Waals surface area contributed by atoms with Crippen molar-refractivity contribution in [2.75, 3.05) is 23.4 Å². The van der Waals surface area contributed by atoms with Crippen molar-refractivity contribution in [3.63, 3.8) is 0 Å². The number of benzene rings is 2. The Morgan fingerprint density at radius 1 is 1.23 bits per heavy atom. The lowest BCUT2D eigenvalue weighted by Crippen LogP contribution is -2.50. The Balaban J connectivity index is 1.38. The zero-order valence-electron chi connectivity index (χ0n) is 17.6. The first-order valence-electron chi connectivity index (χ1n) is 10.5. The van der Waals surface area contributed by atoms with E-state index in [4.69, 9.17) is 9.47 Å². The van der Waals surface area contributed by atoms with E-state index in [-0.39, 0.29) is 23.6 Å². The Morgan fingerprint density at radius 3 is 2.77 bits per heavy atom. The Bertz CT molecular complexity index is 1040. The van der Waals surface area contributed by atoms with E-state index in [1.54, 1.807) is 0 Å². The van der Waals surface area contributed by atoms with Gasteiger partial charge in [-0.1, -0.05) is 36.4 Å². The predicted octanol–water partition coefficient (Wildman–Crippen LogP) is 3.43. The summed E-state index contributed by atoms with van der Waals surface area (Å²) in [5.74, 6) is 0.788. The molecule has 2 N–H and O–H groups in total. The maximum Gasteiger partial charge on any atom is 0.319 e. The fraction of sp³-hybridized carbons (Fsp3) is 0.435. The van der Waals surface area contributed by atoms with E-state index < -0.39 is 15.4 Å². The lowest BCUT2D eigenvalue weighted by Gasteiger charge is -2.37. The highest BCUT2D eigenvalue weighted by Crippen LogP contribution is 2.35. The monoisotopic (exact) mass is 444 g/mol. The normalized spacial score (nSPS) is 24.6. The summed E-state index contributed by atoms with van der Waals surface area (Å²) in [5, 5.41) is 5.86.